The van der Waals surface area contributed by atoms with E-state index in [2.05, 4.69) is 15.6 Å². The average molecular weight is 492 g/mol. The van der Waals surface area contributed by atoms with E-state index in [1.807, 2.05) is 61.6 Å². The number of carbonyl (C=O) groups is 1. The highest BCUT2D eigenvalue weighted by Gasteiger charge is 2.32. The van der Waals surface area contributed by atoms with Gasteiger partial charge in [-0.05, 0) is 31.0 Å². The molecule has 2 aromatic carbocycles. The Morgan fingerprint density at radius 2 is 1.91 bits per heavy atom. The summed E-state index contributed by atoms with van der Waals surface area (Å²) in [6, 6.07) is 17.0. The third kappa shape index (κ3) is 7.53. The van der Waals surface area contributed by atoms with Gasteiger partial charge in [0.1, 0.15) is 11.1 Å². The van der Waals surface area contributed by atoms with Crippen molar-refractivity contribution in [2.24, 2.45) is 12.8 Å². The molecule has 0 unspecified atom stereocenters. The maximum absolute atomic E-state index is 12.6. The molecule has 33 heavy (non-hydrogen) atoms. The number of benzene rings is 2. The summed E-state index contributed by atoms with van der Waals surface area (Å²) in [4.78, 5) is 12.6. The minimum absolute atomic E-state index is 0. The molecule has 3 N–H and O–H groups in total. The van der Waals surface area contributed by atoms with E-state index in [4.69, 9.17) is 22.1 Å². The molecule has 0 saturated heterocycles. The summed E-state index contributed by atoms with van der Waals surface area (Å²) in [7, 11) is 1.83. The van der Waals surface area contributed by atoms with Crippen molar-refractivity contribution in [1.82, 2.24) is 19.8 Å². The van der Waals surface area contributed by atoms with Gasteiger partial charge in [-0.15, -0.1) is 0 Å². The van der Waals surface area contributed by atoms with Crippen molar-refractivity contribution in [1.29, 1.82) is 0 Å². The van der Waals surface area contributed by atoms with Crippen LogP contribution in [0.5, 0.6) is 0 Å². The largest absolute Gasteiger partial charge is 0.374 e. The second kappa shape index (κ2) is 12.1. The lowest BCUT2D eigenvalue weighted by molar-refractivity contribution is -0.748. The van der Waals surface area contributed by atoms with Crippen molar-refractivity contribution >= 4 is 29.5 Å². The van der Waals surface area contributed by atoms with Gasteiger partial charge in [-0.3, -0.25) is 4.79 Å². The maximum Gasteiger partial charge on any atom is 0.326 e. The maximum atomic E-state index is 12.6. The Bertz CT molecular complexity index is 1040. The summed E-state index contributed by atoms with van der Waals surface area (Å²) in [5.41, 5.74) is 6.98. The molecule has 0 bridgehead atoms. The van der Waals surface area contributed by atoms with Crippen molar-refractivity contribution in [2.75, 3.05) is 6.61 Å². The highest BCUT2D eigenvalue weighted by atomic mass is 35.5. The smallest absolute Gasteiger partial charge is 0.326 e. The minimum atomic E-state index is -1.04. The van der Waals surface area contributed by atoms with Gasteiger partial charge < -0.3 is 15.8 Å². The number of nitrogens with one attached hydrogen (secondary N) is 1. The molecule has 1 aromatic heterocycles. The molecule has 1 atom stereocenters. The number of rotatable bonds is 10. The van der Waals surface area contributed by atoms with Gasteiger partial charge in [0.2, 0.25) is 5.91 Å². The highest BCUT2D eigenvalue weighted by Crippen LogP contribution is 2.21. The number of amides is 1. The molecule has 0 aliphatic heterocycles. The van der Waals surface area contributed by atoms with Gasteiger partial charge in [-0.25, -0.2) is 0 Å². The van der Waals surface area contributed by atoms with E-state index < -0.39 is 11.6 Å². The van der Waals surface area contributed by atoms with E-state index in [-0.39, 0.29) is 19.9 Å². The van der Waals surface area contributed by atoms with Crippen LogP contribution in [-0.4, -0.2) is 32.6 Å². The number of hydrogen-bond donors (Lipinski definition) is 2. The number of ether oxygens (including phenoxy) is 1. The molecule has 8 nitrogen and oxygen atoms in total. The summed E-state index contributed by atoms with van der Waals surface area (Å²) in [5, 5.41) is 12.2. The number of hydrogen-bond acceptors (Lipinski definition) is 6. The third-order valence-electron chi connectivity index (χ3n) is 4.70. The van der Waals surface area contributed by atoms with E-state index in [0.717, 1.165) is 11.1 Å². The molecule has 1 amide bonds. The molecule has 0 fully saturated rings. The van der Waals surface area contributed by atoms with E-state index in [1.165, 1.54) is 11.9 Å². The van der Waals surface area contributed by atoms with Crippen LogP contribution in [0, 0.1) is 0 Å². The fourth-order valence-electron chi connectivity index (χ4n) is 2.84. The van der Waals surface area contributed by atoms with Crippen LogP contribution in [-0.2, 0) is 28.9 Å². The van der Waals surface area contributed by atoms with Crippen molar-refractivity contribution in [2.45, 2.75) is 45.2 Å². The Kier molecular flexibility index (Phi) is 9.85. The van der Waals surface area contributed by atoms with Crippen LogP contribution in [0.15, 0.2) is 54.6 Å². The Labute approximate surface area is 204 Å². The van der Waals surface area contributed by atoms with E-state index in [1.54, 1.807) is 22.7 Å². The van der Waals surface area contributed by atoms with E-state index in [0.29, 0.717) is 23.2 Å². The quantitative estimate of drug-likeness (QED) is 0.422. The van der Waals surface area contributed by atoms with Gasteiger partial charge in [0, 0.05) is 26.9 Å². The first-order valence-corrected chi connectivity index (χ1v) is 11.5. The van der Waals surface area contributed by atoms with Gasteiger partial charge in [0.05, 0.1) is 25.8 Å². The van der Waals surface area contributed by atoms with Crippen LogP contribution in [0.2, 0.25) is 5.02 Å². The van der Waals surface area contributed by atoms with Gasteiger partial charge in [-0.2, -0.15) is 4.68 Å². The number of carbonyl (C=O) groups excluding carboxylic acids is 1. The van der Waals surface area contributed by atoms with Gasteiger partial charge >= 0.3 is 5.82 Å². The lowest BCUT2D eigenvalue weighted by Crippen LogP contribution is -2.53. The first kappa shape index (κ1) is 26.8. The highest BCUT2D eigenvalue weighted by molar-refractivity contribution is 7.96. The predicted molar refractivity (Wildman–Crippen MR) is 131 cm³/mol. The molecule has 0 saturated carbocycles. The lowest BCUT2D eigenvalue weighted by Gasteiger charge is -2.21. The number of halogens is 1. The topological polar surface area (TPSA) is 98.9 Å². The number of nitrogens with two attached hydrogens (primary N) is 1. The second-order valence-electron chi connectivity index (χ2n) is 7.94. The Morgan fingerprint density at radius 1 is 1.24 bits per heavy atom. The first-order valence-electron chi connectivity index (χ1n) is 10.2. The number of tetrazole rings is 1. The Morgan fingerprint density at radius 3 is 2.58 bits per heavy atom. The molecule has 10 heteroatoms. The van der Waals surface area contributed by atoms with E-state index >= 15 is 0 Å². The molecule has 0 radical (unpaired) electrons. The fourth-order valence-corrected chi connectivity index (χ4v) is 3.97. The van der Waals surface area contributed by atoms with Crippen LogP contribution in [0.3, 0.4) is 0 Å². The summed E-state index contributed by atoms with van der Waals surface area (Å²) in [6.07, 6.45) is 0. The fraction of sp³-hybridized carbons (Fsp3) is 0.391. The number of aromatic nitrogens is 4. The van der Waals surface area contributed by atoms with Crippen LogP contribution >= 0.6 is 23.5 Å². The molecule has 3 aromatic rings. The zero-order valence-electron chi connectivity index (χ0n) is 18.4. The predicted octanol–water partition coefficient (Wildman–Crippen LogP) is 3.20. The lowest BCUT2D eigenvalue weighted by atomic mass is 10.1. The van der Waals surface area contributed by atoms with E-state index in [9.17, 15) is 4.79 Å². The van der Waals surface area contributed by atoms with Crippen molar-refractivity contribution in [3.63, 3.8) is 0 Å². The summed E-state index contributed by atoms with van der Waals surface area (Å²) in [6.45, 7) is 3.94. The van der Waals surface area contributed by atoms with Gasteiger partial charge in [0.15, 0.2) is 5.21 Å². The SMILES string of the molecule is C.C[n+]1c([C@@H](COCc2ccccc2)NC(=O)C(C)(C)N)nnn1SCc1ccccc1Cl. The van der Waals surface area contributed by atoms with Crippen LogP contribution in [0.25, 0.3) is 0 Å². The number of nitrogens with zero attached hydrogens (tertiary/aromatic N) is 4. The zero-order valence-corrected chi connectivity index (χ0v) is 19.9. The van der Waals surface area contributed by atoms with Crippen molar-refractivity contribution < 1.29 is 14.2 Å². The second-order valence-corrected chi connectivity index (χ2v) is 9.22. The Balaban J connectivity index is 0.00000385. The van der Waals surface area contributed by atoms with Gasteiger partial charge in [0.25, 0.3) is 0 Å². The minimum Gasteiger partial charge on any atom is -0.374 e. The van der Waals surface area contributed by atoms with Gasteiger partial charge in [-0.1, -0.05) is 67.6 Å². The summed E-state index contributed by atoms with van der Waals surface area (Å²) < 4.78 is 9.32. The molecular formula is C23H32ClN6O2S+. The molecule has 0 aliphatic carbocycles. The first-order chi connectivity index (χ1) is 15.3. The van der Waals surface area contributed by atoms with Crippen molar-refractivity contribution in [3.8, 4) is 0 Å². The molecule has 0 spiro atoms. The van der Waals surface area contributed by atoms with Crippen LogP contribution in [0.1, 0.15) is 44.3 Å². The molecular weight excluding hydrogens is 460 g/mol. The zero-order chi connectivity index (χ0) is 23.1. The Hall–Kier alpha value is -2.46. The molecule has 178 valence electrons. The summed E-state index contributed by atoms with van der Waals surface area (Å²) >= 11 is 7.69. The average Bonchev–Trinajstić information content (AvgIpc) is 3.12. The monoisotopic (exact) mass is 491 g/mol. The summed E-state index contributed by atoms with van der Waals surface area (Å²) in [5.74, 6) is 0.875. The molecule has 0 aliphatic rings. The van der Waals surface area contributed by atoms with Crippen LogP contribution in [0.4, 0.5) is 0 Å². The van der Waals surface area contributed by atoms with Crippen LogP contribution < -0.4 is 15.7 Å². The third-order valence-corrected chi connectivity index (χ3v) is 6.06. The molecule has 1 heterocycles. The normalized spacial score (nSPS) is 12.2. The molecule has 3 rings (SSSR count). The standard InChI is InChI=1S/C22H27ClN6O2S.CH4/c1-22(2,24)21(30)25-19(14-31-13-16-9-5-4-6-10-16)20-26-27-29(28(20)3)32-15-17-11-7-8-12-18(17)23;/h4-12,19H,13-15,24H2,1-3H3;1H4/p+1/t19-;/m1./s1. The van der Waals surface area contributed by atoms with Crippen molar-refractivity contribution in [3.05, 3.63) is 76.6 Å².